The monoisotopic (exact) mass is 721 g/mol. The zero-order chi connectivity index (χ0) is 35.1. The highest BCUT2D eigenvalue weighted by atomic mass is 32.2. The number of rotatable bonds is 11. The number of likely N-dealkylation sites (tertiary alicyclic amines) is 2. The van der Waals surface area contributed by atoms with E-state index in [-0.39, 0.29) is 29.4 Å². The number of nitrogens with zero attached hydrogens (tertiary/aromatic N) is 4. The van der Waals surface area contributed by atoms with E-state index in [1.807, 2.05) is 11.8 Å². The van der Waals surface area contributed by atoms with Gasteiger partial charge in [-0.3, -0.25) is 29.5 Å². The number of halogens is 2. The molecular formula is C37H45F2N7O4S. The van der Waals surface area contributed by atoms with E-state index in [2.05, 4.69) is 35.3 Å². The Morgan fingerprint density at radius 2 is 1.67 bits per heavy atom. The molecule has 5 fully saturated rings. The second-order valence-electron chi connectivity index (χ2n) is 14.8. The van der Waals surface area contributed by atoms with Crippen LogP contribution in [-0.4, -0.2) is 101 Å². The van der Waals surface area contributed by atoms with E-state index in [4.69, 9.17) is 4.74 Å². The Hall–Kier alpha value is -3.75. The van der Waals surface area contributed by atoms with E-state index in [0.29, 0.717) is 70.5 Å². The smallest absolute Gasteiger partial charge is 0.261 e. The molecule has 3 aromatic rings. The minimum absolute atomic E-state index is 0.0160. The third-order valence-electron chi connectivity index (χ3n) is 11.2. The van der Waals surface area contributed by atoms with Crippen LogP contribution in [0.2, 0.25) is 0 Å². The fourth-order valence-corrected chi connectivity index (χ4v) is 8.95. The Balaban J connectivity index is 0.759. The fourth-order valence-electron chi connectivity index (χ4n) is 7.88. The number of aromatic nitrogens is 2. The summed E-state index contributed by atoms with van der Waals surface area (Å²) in [5, 5.41) is 5.85. The van der Waals surface area contributed by atoms with E-state index in [1.54, 1.807) is 18.2 Å². The number of anilines is 2. The zero-order valence-electron chi connectivity index (χ0n) is 28.7. The average Bonchev–Trinajstić information content (AvgIpc) is 3.93. The molecule has 1 aliphatic carbocycles. The summed E-state index contributed by atoms with van der Waals surface area (Å²) in [5.41, 5.74) is 1.02. The normalized spacial score (nSPS) is 23.0. The van der Waals surface area contributed by atoms with Crippen LogP contribution in [0.15, 0.2) is 35.1 Å². The van der Waals surface area contributed by atoms with E-state index >= 15 is 4.39 Å². The number of imide groups is 1. The van der Waals surface area contributed by atoms with Gasteiger partial charge in [0.15, 0.2) is 0 Å². The number of thioether (sulfide) groups is 1. The summed E-state index contributed by atoms with van der Waals surface area (Å²) in [7, 11) is 0. The van der Waals surface area contributed by atoms with E-state index in [1.165, 1.54) is 12.1 Å². The van der Waals surface area contributed by atoms with Gasteiger partial charge in [0.2, 0.25) is 11.8 Å². The number of nitrogens with one attached hydrogen (secondary N) is 3. The van der Waals surface area contributed by atoms with Gasteiger partial charge >= 0.3 is 0 Å². The highest BCUT2D eigenvalue weighted by Crippen LogP contribution is 2.33. The topological polar surface area (TPSA) is 123 Å². The molecule has 2 aromatic carbocycles. The van der Waals surface area contributed by atoms with Gasteiger partial charge in [-0.15, -0.1) is 0 Å². The van der Waals surface area contributed by atoms with Crippen molar-refractivity contribution in [2.45, 2.75) is 80.5 Å². The minimum atomic E-state index is -0.598. The lowest BCUT2D eigenvalue weighted by atomic mass is 9.95. The van der Waals surface area contributed by atoms with Gasteiger partial charge in [0.1, 0.15) is 34.6 Å². The number of benzene rings is 2. The second-order valence-corrected chi connectivity index (χ2v) is 16.0. The largest absolute Gasteiger partial charge is 0.493 e. The first-order valence-electron chi connectivity index (χ1n) is 18.4. The van der Waals surface area contributed by atoms with Gasteiger partial charge in [-0.25, -0.2) is 13.8 Å². The first-order chi connectivity index (χ1) is 24.8. The first kappa shape index (κ1) is 34.3. The number of amides is 2. The number of piperidine rings is 3. The Labute approximate surface area is 299 Å². The summed E-state index contributed by atoms with van der Waals surface area (Å²) in [4.78, 5) is 50.9. The van der Waals surface area contributed by atoms with Crippen LogP contribution >= 0.6 is 11.8 Å². The number of fused-ring (bicyclic) bond motifs is 1. The SMILES string of the molecule is O=C1CCC(Nc2ccc(N3CCC(N4CC(N5CCC(SCc6nc7cc(OCC8CC8)cc(F)c7c(=O)[nH]6)CC5)C4)CC3)c(F)c2)C(=O)N1. The molecule has 3 N–H and O–H groups in total. The summed E-state index contributed by atoms with van der Waals surface area (Å²) in [6.07, 6.45) is 7.11. The molecule has 8 rings (SSSR count). The predicted octanol–water partition coefficient (Wildman–Crippen LogP) is 4.26. The van der Waals surface area contributed by atoms with Crippen molar-refractivity contribution in [1.29, 1.82) is 0 Å². The van der Waals surface area contributed by atoms with Crippen LogP contribution in [0.25, 0.3) is 10.9 Å². The summed E-state index contributed by atoms with van der Waals surface area (Å²) in [6.45, 7) is 6.42. The maximum absolute atomic E-state index is 15.2. The van der Waals surface area contributed by atoms with Gasteiger partial charge in [-0.1, -0.05) is 0 Å². The summed E-state index contributed by atoms with van der Waals surface area (Å²) in [5.74, 6) is 0.571. The van der Waals surface area contributed by atoms with Gasteiger partial charge in [-0.2, -0.15) is 11.8 Å². The average molecular weight is 722 g/mol. The molecule has 2 amide bonds. The van der Waals surface area contributed by atoms with Crippen molar-refractivity contribution in [3.63, 3.8) is 0 Å². The fraction of sp³-hybridized carbons (Fsp3) is 0.568. The first-order valence-corrected chi connectivity index (χ1v) is 19.4. The van der Waals surface area contributed by atoms with Crippen LogP contribution in [0.3, 0.4) is 0 Å². The zero-order valence-corrected chi connectivity index (χ0v) is 29.5. The molecule has 1 saturated carbocycles. The van der Waals surface area contributed by atoms with Gasteiger partial charge < -0.3 is 19.9 Å². The Kier molecular flexibility index (Phi) is 9.90. The lowest BCUT2D eigenvalue weighted by molar-refractivity contribution is -0.133. The summed E-state index contributed by atoms with van der Waals surface area (Å²) in [6, 6.07) is 8.53. The Morgan fingerprint density at radius 3 is 2.39 bits per heavy atom. The second kappa shape index (κ2) is 14.7. The number of aromatic amines is 1. The van der Waals surface area contributed by atoms with Crippen molar-refractivity contribution < 1.29 is 23.1 Å². The van der Waals surface area contributed by atoms with E-state index in [9.17, 15) is 18.8 Å². The standard InChI is InChI=1S/C37H45F2N7O4S/c38-28-15-23(40-30-4-6-34(47)43-36(30)48)3-5-32(28)45-11-7-24(8-12-45)46-18-25(19-46)44-13-9-27(10-14-44)51-21-33-41-31-17-26(50-20-22-1-2-22)16-29(39)35(31)37(49)42-33/h3,5,15-17,22,24-25,27,30,40H,1-2,4,6-14,18-21H2,(H,41,42,49)(H,43,47,48). The van der Waals surface area contributed by atoms with Crippen molar-refractivity contribution in [2.24, 2.45) is 5.92 Å². The summed E-state index contributed by atoms with van der Waals surface area (Å²) >= 11 is 1.81. The van der Waals surface area contributed by atoms with Crippen LogP contribution in [0.1, 0.15) is 57.2 Å². The molecule has 1 unspecified atom stereocenters. The lowest BCUT2D eigenvalue weighted by Crippen LogP contribution is -2.64. The highest BCUT2D eigenvalue weighted by Gasteiger charge is 2.38. The molecule has 5 aliphatic rings. The van der Waals surface area contributed by atoms with Crippen molar-refractivity contribution >= 4 is 45.9 Å². The Bertz CT molecular complexity index is 1840. The number of carbonyl (C=O) groups excluding carboxylic acids is 2. The van der Waals surface area contributed by atoms with Crippen molar-refractivity contribution in [3.05, 3.63) is 58.1 Å². The summed E-state index contributed by atoms with van der Waals surface area (Å²) < 4.78 is 35.6. The molecule has 4 aliphatic heterocycles. The highest BCUT2D eigenvalue weighted by molar-refractivity contribution is 7.99. The third-order valence-corrected chi connectivity index (χ3v) is 12.5. The number of carbonyl (C=O) groups is 2. The number of ether oxygens (including phenoxy) is 1. The molecule has 51 heavy (non-hydrogen) atoms. The Morgan fingerprint density at radius 1 is 0.882 bits per heavy atom. The van der Waals surface area contributed by atoms with Crippen molar-refractivity contribution in [2.75, 3.05) is 56.1 Å². The van der Waals surface area contributed by atoms with Crippen LogP contribution in [-0.2, 0) is 15.3 Å². The third kappa shape index (κ3) is 7.87. The van der Waals surface area contributed by atoms with Gasteiger partial charge in [0.25, 0.3) is 5.56 Å². The molecule has 1 atom stereocenters. The van der Waals surface area contributed by atoms with Gasteiger partial charge in [0.05, 0.1) is 23.6 Å². The van der Waals surface area contributed by atoms with Crippen LogP contribution in [0, 0.1) is 17.6 Å². The molecule has 0 radical (unpaired) electrons. The minimum Gasteiger partial charge on any atom is -0.493 e. The molecule has 272 valence electrons. The number of hydrogen-bond donors (Lipinski definition) is 3. The van der Waals surface area contributed by atoms with Crippen molar-refractivity contribution in [1.82, 2.24) is 25.1 Å². The maximum Gasteiger partial charge on any atom is 0.261 e. The van der Waals surface area contributed by atoms with Crippen LogP contribution in [0.5, 0.6) is 5.75 Å². The maximum atomic E-state index is 15.2. The van der Waals surface area contributed by atoms with E-state index < -0.39 is 17.4 Å². The molecule has 14 heteroatoms. The van der Waals surface area contributed by atoms with Crippen molar-refractivity contribution in [3.8, 4) is 5.75 Å². The molecule has 0 bridgehead atoms. The quantitative estimate of drug-likeness (QED) is 0.248. The molecule has 1 aromatic heterocycles. The lowest BCUT2D eigenvalue weighted by Gasteiger charge is -2.52. The molecule has 0 spiro atoms. The number of H-pyrrole nitrogens is 1. The van der Waals surface area contributed by atoms with Crippen LogP contribution in [0.4, 0.5) is 20.2 Å². The van der Waals surface area contributed by atoms with E-state index in [0.717, 1.165) is 77.8 Å². The van der Waals surface area contributed by atoms with Crippen LogP contribution < -0.4 is 25.8 Å². The molecule has 11 nitrogen and oxygen atoms in total. The predicted molar refractivity (Wildman–Crippen MR) is 193 cm³/mol. The van der Waals surface area contributed by atoms with Gasteiger partial charge in [-0.05, 0) is 82.2 Å². The molecular weight excluding hydrogens is 677 g/mol. The number of hydrogen-bond acceptors (Lipinski definition) is 10. The van der Waals surface area contributed by atoms with Gasteiger partial charge in [0, 0.05) is 67.8 Å². The molecule has 5 heterocycles. The molecule has 4 saturated heterocycles.